The van der Waals surface area contributed by atoms with Gasteiger partial charge in [0.1, 0.15) is 6.04 Å². The first-order valence-corrected chi connectivity index (χ1v) is 13.8. The molecule has 3 rings (SSSR count). The lowest BCUT2D eigenvalue weighted by atomic mass is 10.0. The third-order valence-corrected chi connectivity index (χ3v) is 7.17. The Bertz CT molecular complexity index is 1140. The van der Waals surface area contributed by atoms with Crippen molar-refractivity contribution in [3.8, 4) is 0 Å². The molecule has 0 heterocycles. The maximum absolute atomic E-state index is 13.7. The molecule has 36 heavy (non-hydrogen) atoms. The average molecular weight is 523 g/mol. The van der Waals surface area contributed by atoms with Crippen molar-refractivity contribution in [3.05, 3.63) is 106 Å². The number of hydrogen-bond acceptors (Lipinski definition) is 3. The van der Waals surface area contributed by atoms with Crippen LogP contribution in [0.25, 0.3) is 0 Å². The number of aryl methyl sites for hydroxylation is 1. The molecule has 0 aliphatic carbocycles. The van der Waals surface area contributed by atoms with Gasteiger partial charge < -0.3 is 10.2 Å². The van der Waals surface area contributed by atoms with Crippen molar-refractivity contribution in [2.75, 3.05) is 12.3 Å². The van der Waals surface area contributed by atoms with E-state index in [0.717, 1.165) is 22.3 Å². The molecule has 6 heteroatoms. The van der Waals surface area contributed by atoms with Gasteiger partial charge in [-0.3, -0.25) is 9.59 Å². The van der Waals surface area contributed by atoms with Crippen LogP contribution in [0.4, 0.5) is 0 Å². The van der Waals surface area contributed by atoms with Crippen LogP contribution in [0.3, 0.4) is 0 Å². The molecule has 1 N–H and O–H groups in total. The summed E-state index contributed by atoms with van der Waals surface area (Å²) in [6.07, 6.45) is 0.456. The van der Waals surface area contributed by atoms with E-state index in [1.165, 1.54) is 11.8 Å². The van der Waals surface area contributed by atoms with Crippen LogP contribution in [0, 0.1) is 12.8 Å². The zero-order valence-electron chi connectivity index (χ0n) is 21.2. The summed E-state index contributed by atoms with van der Waals surface area (Å²) in [7, 11) is 0. The quantitative estimate of drug-likeness (QED) is 0.304. The van der Waals surface area contributed by atoms with E-state index in [9.17, 15) is 9.59 Å². The fourth-order valence-corrected chi connectivity index (χ4v) is 5.13. The van der Waals surface area contributed by atoms with Crippen molar-refractivity contribution < 1.29 is 9.59 Å². The Morgan fingerprint density at radius 1 is 0.944 bits per heavy atom. The standard InChI is InChI=1S/C30H35ClN2O2S/c1-22(2)18-32-30(35)28(17-24-11-5-4-6-12-24)33(19-25-13-9-10-23(3)16-25)29(34)21-36-20-26-14-7-8-15-27(26)31/h4-16,22,28H,17-21H2,1-3H3,(H,32,35)/t28-/m0/s1. The largest absolute Gasteiger partial charge is 0.354 e. The Morgan fingerprint density at radius 2 is 1.64 bits per heavy atom. The summed E-state index contributed by atoms with van der Waals surface area (Å²) >= 11 is 7.82. The zero-order valence-corrected chi connectivity index (χ0v) is 22.8. The highest BCUT2D eigenvalue weighted by atomic mass is 35.5. The molecular formula is C30H35ClN2O2S. The van der Waals surface area contributed by atoms with Crippen molar-refractivity contribution >= 4 is 35.2 Å². The number of carbonyl (C=O) groups is 2. The second-order valence-corrected chi connectivity index (χ2v) is 10.8. The molecule has 0 unspecified atom stereocenters. The molecule has 4 nitrogen and oxygen atoms in total. The summed E-state index contributed by atoms with van der Waals surface area (Å²) in [5, 5.41) is 3.77. The molecule has 0 spiro atoms. The predicted molar refractivity (Wildman–Crippen MR) is 151 cm³/mol. The van der Waals surface area contributed by atoms with Crippen molar-refractivity contribution in [3.63, 3.8) is 0 Å². The third kappa shape index (κ3) is 8.72. The molecule has 190 valence electrons. The van der Waals surface area contributed by atoms with Crippen LogP contribution in [0.2, 0.25) is 5.02 Å². The highest BCUT2D eigenvalue weighted by molar-refractivity contribution is 7.99. The Morgan fingerprint density at radius 3 is 2.33 bits per heavy atom. The van der Waals surface area contributed by atoms with Crippen LogP contribution in [-0.4, -0.2) is 35.1 Å². The molecule has 0 fully saturated rings. The van der Waals surface area contributed by atoms with Crippen LogP contribution in [0.5, 0.6) is 0 Å². The van der Waals surface area contributed by atoms with Gasteiger partial charge in [0.05, 0.1) is 5.75 Å². The van der Waals surface area contributed by atoms with Gasteiger partial charge in [-0.2, -0.15) is 0 Å². The lowest BCUT2D eigenvalue weighted by molar-refractivity contribution is -0.139. The normalized spacial score (nSPS) is 11.8. The van der Waals surface area contributed by atoms with Gasteiger partial charge in [-0.25, -0.2) is 0 Å². The number of nitrogens with zero attached hydrogens (tertiary/aromatic N) is 1. The monoisotopic (exact) mass is 522 g/mol. The zero-order chi connectivity index (χ0) is 25.9. The maximum Gasteiger partial charge on any atom is 0.243 e. The highest BCUT2D eigenvalue weighted by Crippen LogP contribution is 2.22. The number of rotatable bonds is 12. The SMILES string of the molecule is Cc1cccc(CN(C(=O)CSCc2ccccc2Cl)[C@@H](Cc2ccccc2)C(=O)NCC(C)C)c1. The van der Waals surface area contributed by atoms with Crippen LogP contribution in [0.15, 0.2) is 78.9 Å². The Hall–Kier alpha value is -2.76. The Balaban J connectivity index is 1.85. The lowest BCUT2D eigenvalue weighted by Gasteiger charge is -2.32. The highest BCUT2D eigenvalue weighted by Gasteiger charge is 2.30. The molecule has 0 aromatic heterocycles. The Labute approximate surface area is 224 Å². The van der Waals surface area contributed by atoms with Crippen LogP contribution < -0.4 is 5.32 Å². The minimum atomic E-state index is -0.611. The molecule has 0 aliphatic rings. The number of carbonyl (C=O) groups excluding carboxylic acids is 2. The smallest absolute Gasteiger partial charge is 0.243 e. The van der Waals surface area contributed by atoms with Crippen molar-refractivity contribution in [1.29, 1.82) is 0 Å². The number of hydrogen-bond donors (Lipinski definition) is 1. The van der Waals surface area contributed by atoms with Crippen molar-refractivity contribution in [2.45, 2.75) is 45.5 Å². The van der Waals surface area contributed by atoms with E-state index in [-0.39, 0.29) is 17.6 Å². The van der Waals surface area contributed by atoms with Gasteiger partial charge >= 0.3 is 0 Å². The van der Waals surface area contributed by atoms with Gasteiger partial charge in [0.15, 0.2) is 0 Å². The van der Waals surface area contributed by atoms with Gasteiger partial charge in [-0.05, 0) is 35.6 Å². The Kier molecular flexibility index (Phi) is 10.9. The van der Waals surface area contributed by atoms with E-state index in [0.29, 0.717) is 36.2 Å². The van der Waals surface area contributed by atoms with Crippen molar-refractivity contribution in [1.82, 2.24) is 10.2 Å². The average Bonchev–Trinajstić information content (AvgIpc) is 2.86. The second kappa shape index (κ2) is 14.1. The molecule has 0 saturated carbocycles. The van der Waals surface area contributed by atoms with Gasteiger partial charge in [-0.15, -0.1) is 11.8 Å². The van der Waals surface area contributed by atoms with E-state index < -0.39 is 6.04 Å². The van der Waals surface area contributed by atoms with Crippen LogP contribution >= 0.6 is 23.4 Å². The van der Waals surface area contributed by atoms with E-state index in [1.807, 2.05) is 79.7 Å². The summed E-state index contributed by atoms with van der Waals surface area (Å²) in [5.41, 5.74) is 4.15. The van der Waals surface area contributed by atoms with E-state index >= 15 is 0 Å². The lowest BCUT2D eigenvalue weighted by Crippen LogP contribution is -2.51. The number of benzene rings is 3. The topological polar surface area (TPSA) is 49.4 Å². The predicted octanol–water partition coefficient (Wildman–Crippen LogP) is 6.29. The summed E-state index contributed by atoms with van der Waals surface area (Å²) in [4.78, 5) is 28.9. The minimum absolute atomic E-state index is 0.0609. The fourth-order valence-electron chi connectivity index (χ4n) is 3.93. The van der Waals surface area contributed by atoms with E-state index in [2.05, 4.69) is 25.2 Å². The molecule has 0 bridgehead atoms. The van der Waals surface area contributed by atoms with E-state index in [4.69, 9.17) is 11.6 Å². The molecule has 3 aromatic carbocycles. The van der Waals surface area contributed by atoms with Gasteiger partial charge in [-0.1, -0.05) is 104 Å². The molecule has 0 aliphatic heterocycles. The molecule has 3 aromatic rings. The number of nitrogens with one attached hydrogen (secondary N) is 1. The van der Waals surface area contributed by atoms with Gasteiger partial charge in [0, 0.05) is 30.3 Å². The molecule has 2 amide bonds. The maximum atomic E-state index is 13.7. The third-order valence-electron chi connectivity index (χ3n) is 5.83. The fraction of sp³-hybridized carbons (Fsp3) is 0.333. The molecule has 0 saturated heterocycles. The van der Waals surface area contributed by atoms with Crippen molar-refractivity contribution in [2.24, 2.45) is 5.92 Å². The summed E-state index contributed by atoms with van der Waals surface area (Å²) in [6, 6.07) is 25.1. The number of amides is 2. The first kappa shape index (κ1) is 27.8. The molecular weight excluding hydrogens is 488 g/mol. The minimum Gasteiger partial charge on any atom is -0.354 e. The first-order chi connectivity index (χ1) is 17.3. The first-order valence-electron chi connectivity index (χ1n) is 12.3. The van der Waals surface area contributed by atoms with Crippen LogP contribution in [-0.2, 0) is 28.3 Å². The number of thioether (sulfide) groups is 1. The molecule has 0 radical (unpaired) electrons. The summed E-state index contributed by atoms with van der Waals surface area (Å²) in [5.74, 6) is 1.03. The summed E-state index contributed by atoms with van der Waals surface area (Å²) < 4.78 is 0. The molecule has 1 atom stereocenters. The second-order valence-electron chi connectivity index (χ2n) is 9.44. The summed E-state index contributed by atoms with van der Waals surface area (Å²) in [6.45, 7) is 7.10. The van der Waals surface area contributed by atoms with Crippen LogP contribution in [0.1, 0.15) is 36.1 Å². The van der Waals surface area contributed by atoms with Gasteiger partial charge in [0.2, 0.25) is 11.8 Å². The van der Waals surface area contributed by atoms with E-state index in [1.54, 1.807) is 4.90 Å². The number of halogens is 1. The van der Waals surface area contributed by atoms with Gasteiger partial charge in [0.25, 0.3) is 0 Å².